The molecule has 0 saturated carbocycles. The third-order valence-corrected chi connectivity index (χ3v) is 2.09. The minimum atomic E-state index is 0.154. The number of aromatic nitrogens is 2. The summed E-state index contributed by atoms with van der Waals surface area (Å²) in [5, 5.41) is 7.28. The van der Waals surface area contributed by atoms with Gasteiger partial charge in [-0.2, -0.15) is 5.10 Å². The first-order chi connectivity index (χ1) is 7.20. The molecule has 0 fully saturated rings. The summed E-state index contributed by atoms with van der Waals surface area (Å²) in [6, 6.07) is 1.90. The lowest BCUT2D eigenvalue weighted by molar-refractivity contribution is -0.128. The van der Waals surface area contributed by atoms with Crippen molar-refractivity contribution in [3.8, 4) is 0 Å². The molecule has 1 aromatic heterocycles. The minimum Gasteiger partial charge on any atom is -0.349 e. The van der Waals surface area contributed by atoms with E-state index in [-0.39, 0.29) is 5.91 Å². The largest absolute Gasteiger partial charge is 0.349 e. The number of nitrogens with zero attached hydrogens (tertiary/aromatic N) is 3. The standard InChI is InChI=1S/C10H18N4O/c1-13(2)10(15)4-6-11-7-9-14-8-3-5-12-14/h3,5,8,11H,4,6-7,9H2,1-2H3. The van der Waals surface area contributed by atoms with Crippen LogP contribution in [0.2, 0.25) is 0 Å². The molecule has 0 spiro atoms. The summed E-state index contributed by atoms with van der Waals surface area (Å²) in [6.07, 6.45) is 4.23. The van der Waals surface area contributed by atoms with E-state index in [2.05, 4.69) is 10.4 Å². The Bertz CT molecular complexity index is 282. The third kappa shape index (κ3) is 4.60. The second kappa shape index (κ2) is 6.19. The van der Waals surface area contributed by atoms with E-state index in [4.69, 9.17) is 0 Å². The molecule has 0 radical (unpaired) electrons. The molecule has 1 aromatic rings. The molecule has 0 aliphatic heterocycles. The first-order valence-electron chi connectivity index (χ1n) is 5.08. The lowest BCUT2D eigenvalue weighted by atomic mass is 10.4. The van der Waals surface area contributed by atoms with Gasteiger partial charge < -0.3 is 10.2 Å². The fraction of sp³-hybridized carbons (Fsp3) is 0.600. The van der Waals surface area contributed by atoms with Crippen LogP contribution in [0.5, 0.6) is 0 Å². The molecule has 0 bridgehead atoms. The maximum absolute atomic E-state index is 11.2. The molecule has 84 valence electrons. The second-order valence-electron chi connectivity index (χ2n) is 3.56. The van der Waals surface area contributed by atoms with E-state index in [9.17, 15) is 4.79 Å². The van der Waals surface area contributed by atoms with Crippen molar-refractivity contribution >= 4 is 5.91 Å². The molecular formula is C10H18N4O. The summed E-state index contributed by atoms with van der Waals surface area (Å²) < 4.78 is 1.86. The highest BCUT2D eigenvalue weighted by atomic mass is 16.2. The predicted octanol–water partition coefficient (Wildman–Crippen LogP) is -0.0490. The first-order valence-corrected chi connectivity index (χ1v) is 5.08. The topological polar surface area (TPSA) is 50.2 Å². The van der Waals surface area contributed by atoms with Gasteiger partial charge in [-0.3, -0.25) is 9.48 Å². The van der Waals surface area contributed by atoms with Gasteiger partial charge in [0.05, 0.1) is 6.54 Å². The zero-order valence-corrected chi connectivity index (χ0v) is 9.31. The lowest BCUT2D eigenvalue weighted by Gasteiger charge is -2.10. The maximum atomic E-state index is 11.2. The Hall–Kier alpha value is -1.36. The van der Waals surface area contributed by atoms with Crippen molar-refractivity contribution in [2.75, 3.05) is 27.2 Å². The molecule has 0 saturated heterocycles. The highest BCUT2D eigenvalue weighted by molar-refractivity contribution is 5.75. The fourth-order valence-electron chi connectivity index (χ4n) is 1.17. The van der Waals surface area contributed by atoms with Gasteiger partial charge in [0.2, 0.25) is 5.91 Å². The Balaban J connectivity index is 2.00. The molecule has 5 nitrogen and oxygen atoms in total. The van der Waals surface area contributed by atoms with Crippen molar-refractivity contribution in [2.45, 2.75) is 13.0 Å². The van der Waals surface area contributed by atoms with E-state index in [1.165, 1.54) is 0 Å². The van der Waals surface area contributed by atoms with E-state index < -0.39 is 0 Å². The normalized spacial score (nSPS) is 10.3. The number of nitrogens with one attached hydrogen (secondary N) is 1. The van der Waals surface area contributed by atoms with Gasteiger partial charge in [-0.05, 0) is 6.07 Å². The fourth-order valence-corrected chi connectivity index (χ4v) is 1.17. The maximum Gasteiger partial charge on any atom is 0.223 e. The summed E-state index contributed by atoms with van der Waals surface area (Å²) >= 11 is 0. The Morgan fingerprint density at radius 3 is 2.87 bits per heavy atom. The molecule has 0 aliphatic rings. The van der Waals surface area contributed by atoms with E-state index in [0.717, 1.165) is 19.6 Å². The number of hydrogen-bond acceptors (Lipinski definition) is 3. The van der Waals surface area contributed by atoms with Gasteiger partial charge in [0, 0.05) is 46.0 Å². The highest BCUT2D eigenvalue weighted by Gasteiger charge is 2.01. The van der Waals surface area contributed by atoms with Crippen LogP contribution in [0.4, 0.5) is 0 Å². The van der Waals surface area contributed by atoms with Gasteiger partial charge in [-0.1, -0.05) is 0 Å². The van der Waals surface area contributed by atoms with Crippen molar-refractivity contribution in [3.05, 3.63) is 18.5 Å². The van der Waals surface area contributed by atoms with Crippen LogP contribution in [-0.2, 0) is 11.3 Å². The van der Waals surface area contributed by atoms with Gasteiger partial charge in [-0.15, -0.1) is 0 Å². The van der Waals surface area contributed by atoms with Gasteiger partial charge in [-0.25, -0.2) is 0 Å². The number of carbonyl (C=O) groups is 1. The third-order valence-electron chi connectivity index (χ3n) is 2.09. The van der Waals surface area contributed by atoms with E-state index in [0.29, 0.717) is 6.42 Å². The van der Waals surface area contributed by atoms with E-state index in [1.54, 1.807) is 25.2 Å². The van der Waals surface area contributed by atoms with Gasteiger partial charge in [0.25, 0.3) is 0 Å². The van der Waals surface area contributed by atoms with Crippen molar-refractivity contribution in [3.63, 3.8) is 0 Å². The average molecular weight is 210 g/mol. The molecule has 5 heteroatoms. The number of hydrogen-bond donors (Lipinski definition) is 1. The van der Waals surface area contributed by atoms with Gasteiger partial charge >= 0.3 is 0 Å². The SMILES string of the molecule is CN(C)C(=O)CCNCCn1cccn1. The lowest BCUT2D eigenvalue weighted by Crippen LogP contribution is -2.28. The monoisotopic (exact) mass is 210 g/mol. The van der Waals surface area contributed by atoms with Gasteiger partial charge in [0.1, 0.15) is 0 Å². The number of carbonyl (C=O) groups excluding carboxylic acids is 1. The van der Waals surface area contributed by atoms with Crippen molar-refractivity contribution in [2.24, 2.45) is 0 Å². The Morgan fingerprint density at radius 1 is 1.47 bits per heavy atom. The van der Waals surface area contributed by atoms with Crippen LogP contribution in [0.1, 0.15) is 6.42 Å². The van der Waals surface area contributed by atoms with Crippen molar-refractivity contribution in [1.29, 1.82) is 0 Å². The quantitative estimate of drug-likeness (QED) is 0.670. The predicted molar refractivity (Wildman–Crippen MR) is 58.4 cm³/mol. The van der Waals surface area contributed by atoms with Crippen LogP contribution >= 0.6 is 0 Å². The molecule has 1 amide bonds. The molecule has 1 heterocycles. The van der Waals surface area contributed by atoms with Crippen LogP contribution in [0.3, 0.4) is 0 Å². The zero-order chi connectivity index (χ0) is 11.1. The Morgan fingerprint density at radius 2 is 2.27 bits per heavy atom. The summed E-state index contributed by atoms with van der Waals surface area (Å²) in [6.45, 7) is 2.39. The van der Waals surface area contributed by atoms with Crippen LogP contribution in [0.25, 0.3) is 0 Å². The van der Waals surface area contributed by atoms with Crippen LogP contribution in [0, 0.1) is 0 Å². The zero-order valence-electron chi connectivity index (χ0n) is 9.31. The number of amides is 1. The number of rotatable bonds is 6. The summed E-state index contributed by atoms with van der Waals surface area (Å²) in [4.78, 5) is 12.8. The van der Waals surface area contributed by atoms with E-state index >= 15 is 0 Å². The first kappa shape index (κ1) is 11.7. The van der Waals surface area contributed by atoms with Crippen LogP contribution in [-0.4, -0.2) is 47.8 Å². The highest BCUT2D eigenvalue weighted by Crippen LogP contribution is 1.86. The molecular weight excluding hydrogens is 192 g/mol. The molecule has 0 aliphatic carbocycles. The van der Waals surface area contributed by atoms with Crippen LogP contribution in [0.15, 0.2) is 18.5 Å². The van der Waals surface area contributed by atoms with Crippen molar-refractivity contribution in [1.82, 2.24) is 20.0 Å². The average Bonchev–Trinajstić information content (AvgIpc) is 2.69. The molecule has 1 N–H and O–H groups in total. The summed E-state index contributed by atoms with van der Waals surface area (Å²) in [5.41, 5.74) is 0. The second-order valence-corrected chi connectivity index (χ2v) is 3.56. The molecule has 0 atom stereocenters. The molecule has 15 heavy (non-hydrogen) atoms. The van der Waals surface area contributed by atoms with E-state index in [1.807, 2.05) is 16.9 Å². The van der Waals surface area contributed by atoms with Crippen molar-refractivity contribution < 1.29 is 4.79 Å². The van der Waals surface area contributed by atoms with Crippen LogP contribution < -0.4 is 5.32 Å². The van der Waals surface area contributed by atoms with Gasteiger partial charge in [0.15, 0.2) is 0 Å². The molecule has 0 aromatic carbocycles. The Kier molecular flexibility index (Phi) is 4.83. The smallest absolute Gasteiger partial charge is 0.223 e. The summed E-state index contributed by atoms with van der Waals surface area (Å²) in [7, 11) is 3.54. The molecule has 0 unspecified atom stereocenters. The Labute approximate surface area is 90.1 Å². The summed E-state index contributed by atoms with van der Waals surface area (Å²) in [5.74, 6) is 0.154. The molecule has 1 rings (SSSR count). The minimum absolute atomic E-state index is 0.154.